The molecule has 0 bridgehead atoms. The van der Waals surface area contributed by atoms with Crippen molar-refractivity contribution >= 4 is 12.4 Å². The SMILES string of the molecule is CCOCC(O)CO.Cl. The molecule has 3 nitrogen and oxygen atoms in total. The Labute approximate surface area is 61.1 Å². The van der Waals surface area contributed by atoms with Gasteiger partial charge in [-0.05, 0) is 6.92 Å². The van der Waals surface area contributed by atoms with E-state index in [1.165, 1.54) is 0 Å². The van der Waals surface area contributed by atoms with Gasteiger partial charge in [0.1, 0.15) is 6.10 Å². The quantitative estimate of drug-likeness (QED) is 0.593. The molecule has 1 unspecified atom stereocenters. The van der Waals surface area contributed by atoms with Crippen LogP contribution in [0.25, 0.3) is 0 Å². The summed E-state index contributed by atoms with van der Waals surface area (Å²) in [5.41, 5.74) is 0. The maximum Gasteiger partial charge on any atom is 0.100 e. The lowest BCUT2D eigenvalue weighted by Crippen LogP contribution is -2.19. The lowest BCUT2D eigenvalue weighted by molar-refractivity contribution is 0.0104. The van der Waals surface area contributed by atoms with E-state index in [-0.39, 0.29) is 25.6 Å². The average molecular weight is 157 g/mol. The van der Waals surface area contributed by atoms with Gasteiger partial charge >= 0.3 is 0 Å². The summed E-state index contributed by atoms with van der Waals surface area (Å²) in [6.45, 7) is 2.42. The Balaban J connectivity index is 0. The highest BCUT2D eigenvalue weighted by Crippen LogP contribution is 1.81. The van der Waals surface area contributed by atoms with Gasteiger partial charge in [-0.2, -0.15) is 0 Å². The Kier molecular flexibility index (Phi) is 10.8. The molecule has 0 aromatic carbocycles. The molecule has 2 N–H and O–H groups in total. The van der Waals surface area contributed by atoms with E-state index < -0.39 is 6.10 Å². The second-order valence-electron chi connectivity index (χ2n) is 1.50. The van der Waals surface area contributed by atoms with Gasteiger partial charge in [-0.15, -0.1) is 12.4 Å². The number of aliphatic hydroxyl groups is 2. The molecule has 0 rings (SSSR count). The molecule has 0 spiro atoms. The monoisotopic (exact) mass is 156 g/mol. The van der Waals surface area contributed by atoms with E-state index in [2.05, 4.69) is 0 Å². The normalized spacial score (nSPS) is 12.3. The molecule has 58 valence electrons. The van der Waals surface area contributed by atoms with Gasteiger partial charge in [-0.25, -0.2) is 0 Å². The molecule has 0 saturated carbocycles. The maximum absolute atomic E-state index is 8.61. The van der Waals surface area contributed by atoms with E-state index in [0.29, 0.717) is 6.61 Å². The summed E-state index contributed by atoms with van der Waals surface area (Å²) in [5.74, 6) is 0. The van der Waals surface area contributed by atoms with Gasteiger partial charge in [0.25, 0.3) is 0 Å². The highest BCUT2D eigenvalue weighted by molar-refractivity contribution is 5.85. The van der Waals surface area contributed by atoms with Crippen molar-refractivity contribution < 1.29 is 14.9 Å². The number of hydrogen-bond donors (Lipinski definition) is 2. The molecule has 0 heterocycles. The molecule has 0 aliphatic carbocycles. The van der Waals surface area contributed by atoms with Crippen LogP contribution < -0.4 is 0 Å². The molecule has 0 fully saturated rings. The van der Waals surface area contributed by atoms with E-state index >= 15 is 0 Å². The van der Waals surface area contributed by atoms with Gasteiger partial charge in [0, 0.05) is 6.61 Å². The Morgan fingerprint density at radius 2 is 2.11 bits per heavy atom. The van der Waals surface area contributed by atoms with E-state index in [1.807, 2.05) is 6.92 Å². The second kappa shape index (κ2) is 8.17. The Morgan fingerprint density at radius 3 is 2.44 bits per heavy atom. The third-order valence-corrected chi connectivity index (χ3v) is 0.725. The largest absolute Gasteiger partial charge is 0.394 e. The topological polar surface area (TPSA) is 49.7 Å². The number of hydrogen-bond acceptors (Lipinski definition) is 3. The molecule has 1 atom stereocenters. The molecule has 0 saturated heterocycles. The van der Waals surface area contributed by atoms with Crippen LogP contribution in [-0.4, -0.2) is 36.1 Å². The average Bonchev–Trinajstić information content (AvgIpc) is 1.83. The van der Waals surface area contributed by atoms with Crippen molar-refractivity contribution in [1.29, 1.82) is 0 Å². The molecule has 0 aliphatic heterocycles. The van der Waals surface area contributed by atoms with E-state index in [1.54, 1.807) is 0 Å². The second-order valence-corrected chi connectivity index (χ2v) is 1.50. The number of halogens is 1. The van der Waals surface area contributed by atoms with Crippen molar-refractivity contribution in [2.75, 3.05) is 19.8 Å². The molecule has 0 aliphatic rings. The Bertz CT molecular complexity index is 51.5. The summed E-state index contributed by atoms with van der Waals surface area (Å²) >= 11 is 0. The summed E-state index contributed by atoms with van der Waals surface area (Å²) in [7, 11) is 0. The van der Waals surface area contributed by atoms with Crippen LogP contribution in [0, 0.1) is 0 Å². The van der Waals surface area contributed by atoms with Crippen LogP contribution in [0.1, 0.15) is 6.92 Å². The van der Waals surface area contributed by atoms with Gasteiger partial charge in [-0.3, -0.25) is 0 Å². The molecule has 0 aromatic rings. The molecule has 9 heavy (non-hydrogen) atoms. The molecule has 0 amide bonds. The fraction of sp³-hybridized carbons (Fsp3) is 1.00. The zero-order chi connectivity index (χ0) is 6.41. The first-order chi connectivity index (χ1) is 3.81. The van der Waals surface area contributed by atoms with E-state index in [9.17, 15) is 0 Å². The van der Waals surface area contributed by atoms with Crippen LogP contribution in [0.5, 0.6) is 0 Å². The fourth-order valence-electron chi connectivity index (χ4n) is 0.307. The molecule has 0 radical (unpaired) electrons. The third kappa shape index (κ3) is 8.17. The van der Waals surface area contributed by atoms with Crippen molar-refractivity contribution in [2.24, 2.45) is 0 Å². The van der Waals surface area contributed by atoms with Crippen molar-refractivity contribution in [3.05, 3.63) is 0 Å². The number of rotatable bonds is 4. The van der Waals surface area contributed by atoms with Crippen LogP contribution in [0.2, 0.25) is 0 Å². The summed E-state index contributed by atoms with van der Waals surface area (Å²) in [5, 5.41) is 16.8. The predicted octanol–water partition coefficient (Wildman–Crippen LogP) is -0.202. The van der Waals surface area contributed by atoms with Gasteiger partial charge in [-0.1, -0.05) is 0 Å². The standard InChI is InChI=1S/C5H12O3.ClH/c1-2-8-4-5(7)3-6;/h5-7H,2-4H2,1H3;1H. The van der Waals surface area contributed by atoms with E-state index in [0.717, 1.165) is 0 Å². The Morgan fingerprint density at radius 1 is 1.56 bits per heavy atom. The fourth-order valence-corrected chi connectivity index (χ4v) is 0.307. The van der Waals surface area contributed by atoms with Gasteiger partial charge < -0.3 is 14.9 Å². The zero-order valence-electron chi connectivity index (χ0n) is 5.41. The first-order valence-corrected chi connectivity index (χ1v) is 2.68. The highest BCUT2D eigenvalue weighted by Gasteiger charge is 1.98. The Hall–Kier alpha value is 0.170. The third-order valence-electron chi connectivity index (χ3n) is 0.725. The molecular weight excluding hydrogens is 144 g/mol. The minimum atomic E-state index is -0.713. The zero-order valence-corrected chi connectivity index (χ0v) is 6.23. The van der Waals surface area contributed by atoms with Crippen LogP contribution in [-0.2, 0) is 4.74 Å². The van der Waals surface area contributed by atoms with Gasteiger partial charge in [0.2, 0.25) is 0 Å². The molecular formula is C5H13ClO3. The van der Waals surface area contributed by atoms with Crippen LogP contribution in [0.3, 0.4) is 0 Å². The summed E-state index contributed by atoms with van der Waals surface area (Å²) < 4.78 is 4.78. The molecule has 4 heteroatoms. The maximum atomic E-state index is 8.61. The minimum absolute atomic E-state index is 0. The summed E-state index contributed by atoms with van der Waals surface area (Å²) in [6, 6.07) is 0. The van der Waals surface area contributed by atoms with Crippen LogP contribution in [0.4, 0.5) is 0 Å². The highest BCUT2D eigenvalue weighted by atomic mass is 35.5. The van der Waals surface area contributed by atoms with Crippen LogP contribution >= 0.6 is 12.4 Å². The number of aliphatic hydroxyl groups excluding tert-OH is 2. The minimum Gasteiger partial charge on any atom is -0.394 e. The van der Waals surface area contributed by atoms with E-state index in [4.69, 9.17) is 14.9 Å². The predicted molar refractivity (Wildman–Crippen MR) is 36.8 cm³/mol. The van der Waals surface area contributed by atoms with Crippen LogP contribution in [0.15, 0.2) is 0 Å². The molecule has 0 aromatic heterocycles. The van der Waals surface area contributed by atoms with Crippen molar-refractivity contribution in [3.63, 3.8) is 0 Å². The summed E-state index contributed by atoms with van der Waals surface area (Å²) in [4.78, 5) is 0. The first-order valence-electron chi connectivity index (χ1n) is 2.68. The van der Waals surface area contributed by atoms with Crippen molar-refractivity contribution in [2.45, 2.75) is 13.0 Å². The number of ether oxygens (including phenoxy) is 1. The first kappa shape index (κ1) is 11.9. The van der Waals surface area contributed by atoms with Crippen molar-refractivity contribution in [1.82, 2.24) is 0 Å². The lowest BCUT2D eigenvalue weighted by atomic mass is 10.4. The van der Waals surface area contributed by atoms with Gasteiger partial charge in [0.05, 0.1) is 13.2 Å². The lowest BCUT2D eigenvalue weighted by Gasteiger charge is -2.04. The van der Waals surface area contributed by atoms with Crippen molar-refractivity contribution in [3.8, 4) is 0 Å². The van der Waals surface area contributed by atoms with Gasteiger partial charge in [0.15, 0.2) is 0 Å². The smallest absolute Gasteiger partial charge is 0.100 e. The summed E-state index contributed by atoms with van der Waals surface area (Å²) in [6.07, 6.45) is -0.713.